The molecule has 2 N–H and O–H groups in total. The highest BCUT2D eigenvalue weighted by Crippen LogP contribution is 2.14. The summed E-state index contributed by atoms with van der Waals surface area (Å²) < 4.78 is 5.02. The molecule has 1 heterocycles. The minimum Gasteiger partial charge on any atom is -0.387 e. The van der Waals surface area contributed by atoms with Crippen LogP contribution in [0.2, 0.25) is 0 Å². The van der Waals surface area contributed by atoms with Crippen molar-refractivity contribution in [2.75, 3.05) is 27.2 Å². The van der Waals surface area contributed by atoms with Crippen molar-refractivity contribution in [1.29, 1.82) is 0 Å². The fourth-order valence-corrected chi connectivity index (χ4v) is 2.05. The maximum Gasteiger partial charge on any atom is 0.256 e. The Hall–Kier alpha value is -1.40. The Morgan fingerprint density at radius 3 is 2.68 bits per heavy atom. The molecule has 0 aliphatic heterocycles. The topological polar surface area (TPSA) is 78.6 Å². The van der Waals surface area contributed by atoms with Crippen LogP contribution in [0.1, 0.15) is 35.7 Å². The van der Waals surface area contributed by atoms with E-state index >= 15 is 0 Å². The van der Waals surface area contributed by atoms with E-state index in [2.05, 4.69) is 10.5 Å². The highest BCUT2D eigenvalue weighted by Gasteiger charge is 2.25. The summed E-state index contributed by atoms with van der Waals surface area (Å²) in [6.45, 7) is 5.96. The molecule has 0 spiro atoms. The zero-order chi connectivity index (χ0) is 14.6. The first-order valence-corrected chi connectivity index (χ1v) is 6.37. The van der Waals surface area contributed by atoms with Gasteiger partial charge >= 0.3 is 0 Å². The second-order valence-corrected chi connectivity index (χ2v) is 5.33. The summed E-state index contributed by atoms with van der Waals surface area (Å²) in [7, 11) is 3.74. The van der Waals surface area contributed by atoms with Crippen LogP contribution >= 0.6 is 0 Å². The normalized spacial score (nSPS) is 14.5. The minimum atomic E-state index is -0.976. The van der Waals surface area contributed by atoms with Gasteiger partial charge in [-0.3, -0.25) is 4.79 Å². The van der Waals surface area contributed by atoms with E-state index in [9.17, 15) is 9.90 Å². The number of nitrogens with zero attached hydrogens (tertiary/aromatic N) is 2. The van der Waals surface area contributed by atoms with Crippen LogP contribution in [-0.2, 0) is 6.42 Å². The molecule has 1 aromatic heterocycles. The predicted octanol–water partition coefficient (Wildman–Crippen LogP) is 0.588. The lowest BCUT2D eigenvalue weighted by molar-refractivity contribution is 0.0325. The van der Waals surface area contributed by atoms with Crippen molar-refractivity contribution in [1.82, 2.24) is 15.4 Å². The van der Waals surface area contributed by atoms with Gasteiger partial charge in [0, 0.05) is 13.1 Å². The predicted molar refractivity (Wildman–Crippen MR) is 72.1 cm³/mol. The van der Waals surface area contributed by atoms with Gasteiger partial charge < -0.3 is 19.8 Å². The third-order valence-corrected chi connectivity index (χ3v) is 2.78. The molecule has 1 rings (SSSR count). The maximum absolute atomic E-state index is 12.1. The van der Waals surface area contributed by atoms with E-state index in [1.165, 1.54) is 0 Å². The smallest absolute Gasteiger partial charge is 0.256 e. The summed E-state index contributed by atoms with van der Waals surface area (Å²) >= 11 is 0. The summed E-state index contributed by atoms with van der Waals surface area (Å²) in [6, 6.07) is 0. The van der Waals surface area contributed by atoms with Gasteiger partial charge in [0.2, 0.25) is 0 Å². The molecule has 0 aliphatic rings. The first kappa shape index (κ1) is 15.7. The van der Waals surface area contributed by atoms with Crippen LogP contribution in [0.4, 0.5) is 0 Å². The summed E-state index contributed by atoms with van der Waals surface area (Å²) in [5.74, 6) is 0.247. The molecule has 0 aliphatic carbocycles. The van der Waals surface area contributed by atoms with E-state index in [-0.39, 0.29) is 12.5 Å². The molecule has 0 saturated carbocycles. The van der Waals surface area contributed by atoms with Crippen molar-refractivity contribution in [3.05, 3.63) is 17.0 Å². The Balaban J connectivity index is 2.68. The first-order valence-electron chi connectivity index (χ1n) is 6.37. The van der Waals surface area contributed by atoms with Crippen molar-refractivity contribution in [3.63, 3.8) is 0 Å². The molecule has 1 aromatic rings. The van der Waals surface area contributed by atoms with E-state index in [1.54, 1.807) is 13.8 Å². The third-order valence-electron chi connectivity index (χ3n) is 2.78. The molecular weight excluding hydrogens is 246 g/mol. The van der Waals surface area contributed by atoms with Gasteiger partial charge in [-0.25, -0.2) is 0 Å². The van der Waals surface area contributed by atoms with Gasteiger partial charge in [-0.2, -0.15) is 0 Å². The van der Waals surface area contributed by atoms with Crippen molar-refractivity contribution in [3.8, 4) is 0 Å². The van der Waals surface area contributed by atoms with Crippen LogP contribution in [0.5, 0.6) is 0 Å². The van der Waals surface area contributed by atoms with Gasteiger partial charge in [0.25, 0.3) is 5.91 Å². The second-order valence-electron chi connectivity index (χ2n) is 5.33. The lowest BCUT2D eigenvalue weighted by atomic mass is 10.1. The quantitative estimate of drug-likeness (QED) is 0.790. The SMILES string of the molecule is CCc1noc(C)c1C(=O)NCC(C)(O)CN(C)C. The maximum atomic E-state index is 12.1. The van der Waals surface area contributed by atoms with Gasteiger partial charge in [0.05, 0.1) is 11.3 Å². The van der Waals surface area contributed by atoms with Crippen LogP contribution in [-0.4, -0.2) is 53.9 Å². The molecule has 0 radical (unpaired) electrons. The van der Waals surface area contributed by atoms with E-state index in [0.717, 1.165) is 0 Å². The molecule has 0 aromatic carbocycles. The van der Waals surface area contributed by atoms with Gasteiger partial charge in [-0.15, -0.1) is 0 Å². The first-order chi connectivity index (χ1) is 8.76. The number of hydrogen-bond acceptors (Lipinski definition) is 5. The summed E-state index contributed by atoms with van der Waals surface area (Å²) in [5, 5.41) is 16.7. The van der Waals surface area contributed by atoms with E-state index in [1.807, 2.05) is 25.9 Å². The summed E-state index contributed by atoms with van der Waals surface area (Å²) in [6.07, 6.45) is 0.633. The van der Waals surface area contributed by atoms with Gasteiger partial charge in [-0.1, -0.05) is 12.1 Å². The van der Waals surface area contributed by atoms with Crippen LogP contribution in [0.25, 0.3) is 0 Å². The fraction of sp³-hybridized carbons (Fsp3) is 0.692. The Labute approximate surface area is 113 Å². The number of aromatic nitrogens is 1. The summed E-state index contributed by atoms with van der Waals surface area (Å²) in [5.41, 5.74) is 0.141. The monoisotopic (exact) mass is 269 g/mol. The number of hydrogen-bond donors (Lipinski definition) is 2. The molecule has 1 unspecified atom stereocenters. The number of rotatable bonds is 6. The molecule has 0 bridgehead atoms. The average molecular weight is 269 g/mol. The van der Waals surface area contributed by atoms with E-state index in [4.69, 9.17) is 4.52 Å². The molecule has 0 fully saturated rings. The zero-order valence-corrected chi connectivity index (χ0v) is 12.3. The minimum absolute atomic E-state index is 0.178. The van der Waals surface area contributed by atoms with Gasteiger partial charge in [0.15, 0.2) is 0 Å². The molecular formula is C13H23N3O3. The van der Waals surface area contributed by atoms with Crippen molar-refractivity contribution >= 4 is 5.91 Å². The molecule has 6 heteroatoms. The van der Waals surface area contributed by atoms with Crippen molar-refractivity contribution < 1.29 is 14.4 Å². The number of aryl methyl sites for hydroxylation is 2. The molecule has 1 atom stereocenters. The largest absolute Gasteiger partial charge is 0.387 e. The van der Waals surface area contributed by atoms with Gasteiger partial charge in [-0.05, 0) is 34.4 Å². The Morgan fingerprint density at radius 2 is 2.16 bits per heavy atom. The zero-order valence-electron chi connectivity index (χ0n) is 12.3. The number of amides is 1. The molecule has 6 nitrogen and oxygen atoms in total. The highest BCUT2D eigenvalue weighted by molar-refractivity contribution is 5.96. The third kappa shape index (κ3) is 4.33. The van der Waals surface area contributed by atoms with Crippen LogP contribution in [0, 0.1) is 6.92 Å². The molecule has 0 saturated heterocycles. The Morgan fingerprint density at radius 1 is 1.53 bits per heavy atom. The number of nitrogens with one attached hydrogen (secondary N) is 1. The Kier molecular flexibility index (Phi) is 5.08. The number of carbonyl (C=O) groups is 1. The molecule has 108 valence electrons. The van der Waals surface area contributed by atoms with Gasteiger partial charge in [0.1, 0.15) is 11.3 Å². The fourth-order valence-electron chi connectivity index (χ4n) is 2.05. The summed E-state index contributed by atoms with van der Waals surface area (Å²) in [4.78, 5) is 14.0. The lowest BCUT2D eigenvalue weighted by Crippen LogP contribution is -2.47. The van der Waals surface area contributed by atoms with Crippen molar-refractivity contribution in [2.24, 2.45) is 0 Å². The van der Waals surface area contributed by atoms with Crippen LogP contribution in [0.3, 0.4) is 0 Å². The van der Waals surface area contributed by atoms with E-state index < -0.39 is 5.60 Å². The van der Waals surface area contributed by atoms with Crippen LogP contribution < -0.4 is 5.32 Å². The lowest BCUT2D eigenvalue weighted by Gasteiger charge is -2.27. The second kappa shape index (κ2) is 6.16. The standard InChI is InChI=1S/C13H23N3O3/c1-6-10-11(9(2)19-15-10)12(17)14-7-13(3,18)8-16(4)5/h18H,6-8H2,1-5H3,(H,14,17). The average Bonchev–Trinajstić information content (AvgIpc) is 2.66. The van der Waals surface area contributed by atoms with Crippen LogP contribution in [0.15, 0.2) is 4.52 Å². The number of aliphatic hydroxyl groups is 1. The highest BCUT2D eigenvalue weighted by atomic mass is 16.5. The molecule has 19 heavy (non-hydrogen) atoms. The van der Waals surface area contributed by atoms with E-state index in [0.29, 0.717) is 30.0 Å². The Bertz CT molecular complexity index is 438. The number of likely N-dealkylation sites (N-methyl/N-ethyl adjacent to an activating group) is 1. The number of carbonyl (C=O) groups excluding carboxylic acids is 1. The molecule has 1 amide bonds. The van der Waals surface area contributed by atoms with Crippen molar-refractivity contribution in [2.45, 2.75) is 32.8 Å².